The lowest BCUT2D eigenvalue weighted by Crippen LogP contribution is -2.53. The minimum absolute atomic E-state index is 0.0130. The van der Waals surface area contributed by atoms with Crippen molar-refractivity contribution in [2.45, 2.75) is 100.0 Å². The first-order valence-corrected chi connectivity index (χ1v) is 14.6. The number of allylic oxidation sites excluding steroid dienone is 2. The van der Waals surface area contributed by atoms with E-state index in [0.29, 0.717) is 19.3 Å². The SMILES string of the molecule is C=CCCCCC[C@H](NC(=O)OC1CCCC1)C(=O)N1C[C@H](O)CC1C(=O)[SiH2]C1(C(=O)O)CC1C=C. The van der Waals surface area contributed by atoms with E-state index in [-0.39, 0.29) is 30.4 Å². The largest absolute Gasteiger partial charge is 0.481 e. The Morgan fingerprint density at radius 2 is 1.89 bits per heavy atom. The number of unbranched alkanes of at least 4 members (excludes halogenated alkanes) is 3. The smallest absolute Gasteiger partial charge is 0.408 e. The van der Waals surface area contributed by atoms with Gasteiger partial charge in [0.15, 0.2) is 0 Å². The summed E-state index contributed by atoms with van der Waals surface area (Å²) in [7, 11) is -1.77. The van der Waals surface area contributed by atoms with Crippen LogP contribution in [0.3, 0.4) is 0 Å². The predicted octanol–water partition coefficient (Wildman–Crippen LogP) is 2.27. The molecule has 0 bridgehead atoms. The van der Waals surface area contributed by atoms with Crippen molar-refractivity contribution in [3.8, 4) is 0 Å². The summed E-state index contributed by atoms with van der Waals surface area (Å²) in [5, 5.41) is 21.5. The average Bonchev–Trinajstić information content (AvgIpc) is 3.13. The number of nitrogens with one attached hydrogen (secondary N) is 1. The molecule has 1 saturated heterocycles. The maximum Gasteiger partial charge on any atom is 0.408 e. The molecule has 3 rings (SSSR count). The van der Waals surface area contributed by atoms with Crippen LogP contribution in [0, 0.1) is 5.92 Å². The summed E-state index contributed by atoms with van der Waals surface area (Å²) in [6.45, 7) is 7.38. The average molecular weight is 521 g/mol. The van der Waals surface area contributed by atoms with Crippen LogP contribution < -0.4 is 5.32 Å². The molecular formula is C26H40N2O7Si. The first-order chi connectivity index (χ1) is 17.2. The monoisotopic (exact) mass is 520 g/mol. The first-order valence-electron chi connectivity index (χ1n) is 13.2. The molecule has 10 heteroatoms. The number of carboxylic acids is 1. The molecule has 2 amide bonds. The van der Waals surface area contributed by atoms with E-state index in [1.54, 1.807) is 6.08 Å². The number of likely N-dealkylation sites (tertiary alicyclic amines) is 1. The number of ether oxygens (including phenoxy) is 1. The van der Waals surface area contributed by atoms with E-state index in [4.69, 9.17) is 4.74 Å². The van der Waals surface area contributed by atoms with Gasteiger partial charge in [-0.15, -0.1) is 13.2 Å². The molecule has 0 aromatic carbocycles. The number of rotatable bonds is 14. The predicted molar refractivity (Wildman–Crippen MR) is 137 cm³/mol. The van der Waals surface area contributed by atoms with Crippen LogP contribution in [0.5, 0.6) is 0 Å². The van der Waals surface area contributed by atoms with Crippen LogP contribution in [0.25, 0.3) is 0 Å². The molecule has 36 heavy (non-hydrogen) atoms. The second kappa shape index (κ2) is 12.7. The molecule has 0 aromatic heterocycles. The van der Waals surface area contributed by atoms with E-state index in [2.05, 4.69) is 18.5 Å². The molecule has 3 fully saturated rings. The fraction of sp³-hybridized carbons (Fsp3) is 0.692. The maximum atomic E-state index is 13.6. The minimum atomic E-state index is -1.77. The van der Waals surface area contributed by atoms with E-state index in [0.717, 1.165) is 44.9 Å². The first kappa shape index (κ1) is 28.1. The Bertz CT molecular complexity index is 859. The van der Waals surface area contributed by atoms with Crippen LogP contribution in [-0.2, 0) is 19.1 Å². The van der Waals surface area contributed by atoms with Crippen molar-refractivity contribution in [1.82, 2.24) is 10.2 Å². The lowest BCUT2D eigenvalue weighted by atomic mass is 10.1. The van der Waals surface area contributed by atoms with Crippen molar-refractivity contribution in [2.75, 3.05) is 6.54 Å². The molecule has 1 heterocycles. The summed E-state index contributed by atoms with van der Waals surface area (Å²) >= 11 is 0. The zero-order valence-corrected chi connectivity index (χ0v) is 22.4. The number of alkyl carbamates (subject to hydrolysis) is 1. The number of hydrogen-bond donors (Lipinski definition) is 3. The Hall–Kier alpha value is -2.46. The van der Waals surface area contributed by atoms with Gasteiger partial charge in [0.2, 0.25) is 5.91 Å². The van der Waals surface area contributed by atoms with Crippen molar-refractivity contribution in [1.29, 1.82) is 0 Å². The molecule has 0 spiro atoms. The van der Waals surface area contributed by atoms with Crippen LogP contribution in [0.1, 0.15) is 70.6 Å². The Kier molecular flexibility index (Phi) is 9.89. The van der Waals surface area contributed by atoms with Crippen LogP contribution in [0.2, 0.25) is 5.04 Å². The van der Waals surface area contributed by atoms with Gasteiger partial charge in [0.05, 0.1) is 17.2 Å². The van der Waals surface area contributed by atoms with Gasteiger partial charge in [-0.2, -0.15) is 0 Å². The van der Waals surface area contributed by atoms with Gasteiger partial charge in [-0.1, -0.05) is 25.0 Å². The highest BCUT2D eigenvalue weighted by Gasteiger charge is 2.61. The molecule has 5 atom stereocenters. The molecule has 3 unspecified atom stereocenters. The van der Waals surface area contributed by atoms with E-state index >= 15 is 0 Å². The molecule has 200 valence electrons. The van der Waals surface area contributed by atoms with Crippen molar-refractivity contribution >= 4 is 32.9 Å². The summed E-state index contributed by atoms with van der Waals surface area (Å²) < 4.78 is 5.50. The standard InChI is InChI=1S/C26H40N2O7Si/c1-3-5-6-7-8-13-20(27-25(34)35-19-11-9-10-12-19)22(30)28-16-18(29)14-21(28)23(31)36-26(24(32)33)15-17(26)4-2/h3-4,17-21,29H,1-2,5-16,36H2,(H,27,34)(H,32,33)/t17?,18-,20+,21?,26?/m1/s1. The van der Waals surface area contributed by atoms with E-state index in [9.17, 15) is 29.4 Å². The van der Waals surface area contributed by atoms with Crippen molar-refractivity contribution < 1.29 is 34.1 Å². The zero-order chi connectivity index (χ0) is 26.3. The summed E-state index contributed by atoms with van der Waals surface area (Å²) in [4.78, 5) is 52.7. The van der Waals surface area contributed by atoms with Crippen LogP contribution in [0.4, 0.5) is 4.79 Å². The molecule has 2 aliphatic carbocycles. The summed E-state index contributed by atoms with van der Waals surface area (Å²) in [6.07, 6.45) is 9.62. The van der Waals surface area contributed by atoms with Gasteiger partial charge in [-0.05, 0) is 57.3 Å². The molecule has 0 aromatic rings. The lowest BCUT2D eigenvalue weighted by Gasteiger charge is -2.29. The second-order valence-corrected chi connectivity index (χ2v) is 12.8. The third-order valence-corrected chi connectivity index (χ3v) is 10.4. The number of aliphatic hydroxyl groups excluding tert-OH is 1. The van der Waals surface area contributed by atoms with Crippen LogP contribution in [0.15, 0.2) is 25.3 Å². The number of carbonyl (C=O) groups is 4. The third kappa shape index (κ3) is 6.85. The summed E-state index contributed by atoms with van der Waals surface area (Å²) in [5.74, 6) is -1.64. The van der Waals surface area contributed by atoms with Gasteiger partial charge in [0.25, 0.3) is 0 Å². The highest BCUT2D eigenvalue weighted by molar-refractivity contribution is 6.80. The van der Waals surface area contributed by atoms with Gasteiger partial charge < -0.3 is 30.0 Å². The highest BCUT2D eigenvalue weighted by Crippen LogP contribution is 2.60. The number of carboxylic acid groups (broad SMARTS) is 1. The normalized spacial score (nSPS) is 28.7. The fourth-order valence-corrected chi connectivity index (χ4v) is 7.84. The number of nitrogens with zero attached hydrogens (tertiary/aromatic N) is 1. The molecule has 9 nitrogen and oxygen atoms in total. The number of aliphatic hydroxyl groups is 1. The van der Waals surface area contributed by atoms with E-state index in [1.807, 2.05) is 6.08 Å². The zero-order valence-electron chi connectivity index (χ0n) is 21.0. The topological polar surface area (TPSA) is 133 Å². The number of carbonyl (C=O) groups excluding carboxylic acids is 3. The van der Waals surface area contributed by atoms with Gasteiger partial charge in [-0.3, -0.25) is 9.59 Å². The van der Waals surface area contributed by atoms with Crippen LogP contribution >= 0.6 is 0 Å². The summed E-state index contributed by atoms with van der Waals surface area (Å²) in [6, 6.07) is -1.74. The Morgan fingerprint density at radius 1 is 1.17 bits per heavy atom. The fourth-order valence-electron chi connectivity index (χ4n) is 5.56. The Morgan fingerprint density at radius 3 is 2.50 bits per heavy atom. The molecule has 1 aliphatic heterocycles. The van der Waals surface area contributed by atoms with Gasteiger partial charge in [-0.25, -0.2) is 4.79 Å². The van der Waals surface area contributed by atoms with E-state index < -0.39 is 50.7 Å². The second-order valence-electron chi connectivity index (χ2n) is 10.5. The van der Waals surface area contributed by atoms with Gasteiger partial charge in [0.1, 0.15) is 27.1 Å². The number of β-amino-alcohol motifs (C(OH)–C–C–N with tert-alkyl or cyclic N) is 1. The molecule has 0 radical (unpaired) electrons. The molecular weight excluding hydrogens is 480 g/mol. The quantitative estimate of drug-likeness (QED) is 0.182. The number of hydrogen-bond acceptors (Lipinski definition) is 6. The van der Waals surface area contributed by atoms with Gasteiger partial charge in [0, 0.05) is 13.0 Å². The summed E-state index contributed by atoms with van der Waals surface area (Å²) in [5.41, 5.74) is 0. The number of amides is 2. The van der Waals surface area contributed by atoms with Crippen molar-refractivity contribution in [2.24, 2.45) is 5.92 Å². The highest BCUT2D eigenvalue weighted by atomic mass is 28.2. The van der Waals surface area contributed by atoms with Crippen molar-refractivity contribution in [3.63, 3.8) is 0 Å². The Labute approximate surface area is 215 Å². The lowest BCUT2D eigenvalue weighted by molar-refractivity contribution is -0.138. The maximum absolute atomic E-state index is 13.6. The van der Waals surface area contributed by atoms with Gasteiger partial charge >= 0.3 is 12.1 Å². The minimum Gasteiger partial charge on any atom is -0.481 e. The molecule has 3 aliphatic rings. The van der Waals surface area contributed by atoms with Crippen molar-refractivity contribution in [3.05, 3.63) is 25.3 Å². The van der Waals surface area contributed by atoms with E-state index in [1.165, 1.54) is 4.90 Å². The van der Waals surface area contributed by atoms with Crippen LogP contribution in [-0.4, -0.2) is 78.8 Å². The Balaban J connectivity index is 1.68. The number of aliphatic carboxylic acids is 1. The molecule has 2 saturated carbocycles. The third-order valence-electron chi connectivity index (χ3n) is 7.83. The molecule has 3 N–H and O–H groups in total.